The van der Waals surface area contributed by atoms with E-state index in [1.165, 1.54) is 28.8 Å². The van der Waals surface area contributed by atoms with Gasteiger partial charge in [0.2, 0.25) is 0 Å². The normalized spacial score (nSPS) is 14.0. The predicted octanol–water partition coefficient (Wildman–Crippen LogP) is 4.76. The van der Waals surface area contributed by atoms with Gasteiger partial charge in [0.05, 0.1) is 4.90 Å². The van der Waals surface area contributed by atoms with Crippen LogP contribution in [0.1, 0.15) is 16.5 Å². The van der Waals surface area contributed by atoms with Crippen molar-refractivity contribution in [3.05, 3.63) is 52.0 Å². The third-order valence-corrected chi connectivity index (χ3v) is 6.20. The summed E-state index contributed by atoms with van der Waals surface area (Å²) in [5.41, 5.74) is 0.394. The second-order valence-electron chi connectivity index (χ2n) is 5.75. The number of thiophene rings is 1. The van der Waals surface area contributed by atoms with Crippen LogP contribution in [0.3, 0.4) is 0 Å². The first-order valence-electron chi connectivity index (χ1n) is 6.53. The fraction of sp³-hybridized carbons (Fsp3) is 0.286. The quantitative estimate of drug-likeness (QED) is 0.556. The molecule has 120 valence electrons. The van der Waals surface area contributed by atoms with Gasteiger partial charge in [-0.05, 0) is 31.8 Å². The molecule has 1 atom stereocenters. The SMILES string of the molecule is C[Si](C)(C)OC(c1cc(S(=O)(=O)Cl)cs1)c1ccccc1F. The lowest BCUT2D eigenvalue weighted by Crippen LogP contribution is -2.28. The first kappa shape index (κ1) is 17.6. The van der Waals surface area contributed by atoms with Crippen LogP contribution in [0.2, 0.25) is 19.6 Å². The summed E-state index contributed by atoms with van der Waals surface area (Å²) in [6, 6.07) is 7.79. The molecule has 2 aromatic rings. The Hall–Kier alpha value is -0.733. The smallest absolute Gasteiger partial charge is 0.262 e. The van der Waals surface area contributed by atoms with E-state index >= 15 is 0 Å². The summed E-state index contributed by atoms with van der Waals surface area (Å²) in [6.07, 6.45) is -0.634. The molecule has 22 heavy (non-hydrogen) atoms. The molecule has 1 heterocycles. The van der Waals surface area contributed by atoms with Crippen molar-refractivity contribution in [1.29, 1.82) is 0 Å². The van der Waals surface area contributed by atoms with Crippen LogP contribution in [0, 0.1) is 5.82 Å². The van der Waals surface area contributed by atoms with E-state index in [1.807, 2.05) is 19.6 Å². The molecule has 0 saturated carbocycles. The lowest BCUT2D eigenvalue weighted by Gasteiger charge is -2.26. The largest absolute Gasteiger partial charge is 0.406 e. The zero-order chi connectivity index (χ0) is 16.5. The van der Waals surface area contributed by atoms with Gasteiger partial charge in [-0.15, -0.1) is 11.3 Å². The number of rotatable bonds is 5. The Labute approximate surface area is 139 Å². The standard InChI is InChI=1S/C14H16ClFO3S2Si/c1-22(2,3)19-14(11-6-4-5-7-12(11)16)13-8-10(9-20-13)21(15,17)18/h4-9,14H,1-3H3. The molecule has 0 amide bonds. The van der Waals surface area contributed by atoms with Crippen molar-refractivity contribution in [2.24, 2.45) is 0 Å². The fourth-order valence-corrected chi connectivity index (χ4v) is 5.18. The van der Waals surface area contributed by atoms with Crippen LogP contribution in [0.15, 0.2) is 40.6 Å². The average molecular weight is 379 g/mol. The van der Waals surface area contributed by atoms with Gasteiger partial charge < -0.3 is 4.43 Å². The summed E-state index contributed by atoms with van der Waals surface area (Å²) in [5.74, 6) is -0.380. The Morgan fingerprint density at radius 1 is 1.27 bits per heavy atom. The van der Waals surface area contributed by atoms with Crippen LogP contribution >= 0.6 is 22.0 Å². The maximum absolute atomic E-state index is 14.1. The summed E-state index contributed by atoms with van der Waals surface area (Å²) in [4.78, 5) is 0.626. The van der Waals surface area contributed by atoms with Gasteiger partial charge in [0.15, 0.2) is 8.32 Å². The molecule has 0 aliphatic heterocycles. The minimum Gasteiger partial charge on any atom is -0.406 e. The lowest BCUT2D eigenvalue weighted by atomic mass is 10.1. The first-order chi connectivity index (χ1) is 10.1. The van der Waals surface area contributed by atoms with Gasteiger partial charge in [0.1, 0.15) is 11.9 Å². The Morgan fingerprint density at radius 2 is 1.91 bits per heavy atom. The molecule has 1 aromatic heterocycles. The number of halogens is 2. The Kier molecular flexibility index (Phi) is 5.13. The minimum atomic E-state index is -3.81. The number of hydrogen-bond donors (Lipinski definition) is 0. The van der Waals surface area contributed by atoms with E-state index < -0.39 is 23.5 Å². The first-order valence-corrected chi connectivity index (χ1v) is 13.1. The van der Waals surface area contributed by atoms with Gasteiger partial charge in [0, 0.05) is 26.5 Å². The molecule has 0 aliphatic carbocycles. The van der Waals surface area contributed by atoms with E-state index in [4.69, 9.17) is 15.1 Å². The molecule has 0 spiro atoms. The third kappa shape index (κ3) is 4.39. The molecule has 0 fully saturated rings. The molecule has 0 bridgehead atoms. The van der Waals surface area contributed by atoms with Crippen molar-refractivity contribution in [3.8, 4) is 0 Å². The van der Waals surface area contributed by atoms with Crippen LogP contribution in [0.25, 0.3) is 0 Å². The highest BCUT2D eigenvalue weighted by Gasteiger charge is 2.28. The van der Waals surface area contributed by atoms with E-state index in [1.54, 1.807) is 18.2 Å². The zero-order valence-corrected chi connectivity index (χ0v) is 15.7. The van der Waals surface area contributed by atoms with Crippen molar-refractivity contribution < 1.29 is 17.2 Å². The summed E-state index contributed by atoms with van der Waals surface area (Å²) >= 11 is 1.20. The van der Waals surface area contributed by atoms with Gasteiger partial charge >= 0.3 is 0 Å². The van der Waals surface area contributed by atoms with Gasteiger partial charge in [-0.2, -0.15) is 0 Å². The molecule has 3 nitrogen and oxygen atoms in total. The maximum Gasteiger partial charge on any atom is 0.262 e. The van der Waals surface area contributed by atoms with Crippen molar-refractivity contribution in [3.63, 3.8) is 0 Å². The molecule has 0 N–H and O–H groups in total. The van der Waals surface area contributed by atoms with Crippen molar-refractivity contribution in [2.45, 2.75) is 30.6 Å². The molecule has 0 aliphatic rings. The summed E-state index contributed by atoms with van der Waals surface area (Å²) in [5, 5.41) is 1.44. The van der Waals surface area contributed by atoms with Crippen molar-refractivity contribution >= 4 is 39.4 Å². The van der Waals surface area contributed by atoms with Gasteiger partial charge in [-0.25, -0.2) is 12.8 Å². The van der Waals surface area contributed by atoms with Gasteiger partial charge in [0.25, 0.3) is 9.05 Å². The number of hydrogen-bond acceptors (Lipinski definition) is 4. The Bertz CT molecular complexity index is 768. The van der Waals surface area contributed by atoms with Gasteiger partial charge in [-0.1, -0.05) is 18.2 Å². The summed E-state index contributed by atoms with van der Waals surface area (Å²) in [6.45, 7) is 5.98. The van der Waals surface area contributed by atoms with E-state index in [-0.39, 0.29) is 10.7 Å². The predicted molar refractivity (Wildman–Crippen MR) is 90.0 cm³/mol. The molecule has 8 heteroatoms. The fourth-order valence-electron chi connectivity index (χ4n) is 1.92. The molecule has 1 unspecified atom stereocenters. The van der Waals surface area contributed by atoms with Crippen LogP contribution < -0.4 is 0 Å². The van der Waals surface area contributed by atoms with Crippen molar-refractivity contribution in [2.75, 3.05) is 0 Å². The molecular formula is C14H16ClFO3S2Si. The monoisotopic (exact) mass is 378 g/mol. The van der Waals surface area contributed by atoms with Crippen LogP contribution in [-0.2, 0) is 13.5 Å². The highest BCUT2D eigenvalue weighted by molar-refractivity contribution is 8.13. The van der Waals surface area contributed by atoms with Crippen LogP contribution in [0.5, 0.6) is 0 Å². The molecule has 1 aromatic carbocycles. The Balaban J connectivity index is 2.50. The number of benzene rings is 1. The van der Waals surface area contributed by atoms with E-state index in [2.05, 4.69) is 0 Å². The second-order valence-corrected chi connectivity index (χ2v) is 13.7. The molecule has 0 radical (unpaired) electrons. The van der Waals surface area contributed by atoms with Crippen LogP contribution in [-0.4, -0.2) is 16.7 Å². The second kappa shape index (κ2) is 6.41. The Morgan fingerprint density at radius 3 is 2.41 bits per heavy atom. The average Bonchev–Trinajstić information content (AvgIpc) is 2.85. The minimum absolute atomic E-state index is 0.00896. The molecular weight excluding hydrogens is 363 g/mol. The van der Waals surface area contributed by atoms with E-state index in [0.29, 0.717) is 10.4 Å². The lowest BCUT2D eigenvalue weighted by molar-refractivity contribution is 0.238. The molecule has 2 rings (SSSR count). The topological polar surface area (TPSA) is 43.4 Å². The summed E-state index contributed by atoms with van der Waals surface area (Å²) < 4.78 is 43.1. The highest BCUT2D eigenvalue weighted by Crippen LogP contribution is 2.36. The summed E-state index contributed by atoms with van der Waals surface area (Å²) in [7, 11) is -0.435. The highest BCUT2D eigenvalue weighted by atomic mass is 35.7. The maximum atomic E-state index is 14.1. The third-order valence-electron chi connectivity index (χ3n) is 2.79. The zero-order valence-electron chi connectivity index (χ0n) is 12.3. The molecule has 0 saturated heterocycles. The van der Waals surface area contributed by atoms with Gasteiger partial charge in [-0.3, -0.25) is 0 Å². The van der Waals surface area contributed by atoms with E-state index in [9.17, 15) is 12.8 Å². The van der Waals surface area contributed by atoms with E-state index in [0.717, 1.165) is 0 Å². The van der Waals surface area contributed by atoms with Crippen LogP contribution in [0.4, 0.5) is 4.39 Å². The van der Waals surface area contributed by atoms with Crippen molar-refractivity contribution in [1.82, 2.24) is 0 Å².